The van der Waals surface area contributed by atoms with Crippen molar-refractivity contribution in [3.8, 4) is 5.69 Å². The second kappa shape index (κ2) is 9.03. The van der Waals surface area contributed by atoms with Crippen LogP contribution < -0.4 is 10.6 Å². The Kier molecular flexibility index (Phi) is 7.05. The average Bonchev–Trinajstić information content (AvgIpc) is 3.06. The predicted molar refractivity (Wildman–Crippen MR) is 97.5 cm³/mol. The number of amides is 1. The first-order valence-electron chi connectivity index (χ1n) is 7.74. The molecule has 1 aliphatic heterocycles. The lowest BCUT2D eigenvalue weighted by Crippen LogP contribution is -2.46. The van der Waals surface area contributed by atoms with Crippen molar-refractivity contribution in [3.05, 3.63) is 47.2 Å². The molecule has 2 aromatic rings. The summed E-state index contributed by atoms with van der Waals surface area (Å²) < 4.78 is 1.67. The molecule has 3 rings (SSSR count). The fraction of sp³-hybridized carbons (Fsp3) is 0.375. The lowest BCUT2D eigenvalue weighted by molar-refractivity contribution is 0.0947. The zero-order valence-electron chi connectivity index (χ0n) is 13.2. The number of hydrogen-bond acceptors (Lipinski definition) is 4. The summed E-state index contributed by atoms with van der Waals surface area (Å²) in [4.78, 5) is 14.5. The van der Waals surface area contributed by atoms with E-state index in [-0.39, 0.29) is 18.3 Å². The number of halogens is 2. The molecule has 0 aliphatic carbocycles. The summed E-state index contributed by atoms with van der Waals surface area (Å²) in [5.41, 5.74) is 1.43. The van der Waals surface area contributed by atoms with Crippen LogP contribution in [0.5, 0.6) is 0 Å². The minimum atomic E-state index is -0.0969. The molecule has 24 heavy (non-hydrogen) atoms. The number of hydrogen-bond donors (Lipinski definition) is 2. The quantitative estimate of drug-likeness (QED) is 0.839. The van der Waals surface area contributed by atoms with Crippen molar-refractivity contribution in [3.63, 3.8) is 0 Å². The molecule has 2 N–H and O–H groups in total. The Morgan fingerprint density at radius 3 is 2.67 bits per heavy atom. The number of nitrogens with one attached hydrogen (secondary N) is 2. The number of nitrogens with zero attached hydrogens (tertiary/aromatic N) is 3. The molecule has 0 spiro atoms. The Morgan fingerprint density at radius 2 is 1.96 bits per heavy atom. The number of piperazine rings is 1. The average molecular weight is 370 g/mol. The maximum atomic E-state index is 12.2. The van der Waals surface area contributed by atoms with Crippen LogP contribution in [0.3, 0.4) is 0 Å². The zero-order valence-corrected chi connectivity index (χ0v) is 14.8. The third-order valence-electron chi connectivity index (χ3n) is 3.86. The van der Waals surface area contributed by atoms with Crippen molar-refractivity contribution in [2.45, 2.75) is 0 Å². The van der Waals surface area contributed by atoms with Crippen LogP contribution in [-0.4, -0.2) is 59.9 Å². The van der Waals surface area contributed by atoms with Gasteiger partial charge in [-0.05, 0) is 24.3 Å². The summed E-state index contributed by atoms with van der Waals surface area (Å²) in [6.07, 6.45) is 3.30. The zero-order chi connectivity index (χ0) is 16.1. The molecule has 0 saturated carbocycles. The molecule has 0 atom stereocenters. The van der Waals surface area contributed by atoms with Crippen LogP contribution in [0.25, 0.3) is 5.69 Å². The summed E-state index contributed by atoms with van der Waals surface area (Å²) in [6, 6.07) is 7.32. The summed E-state index contributed by atoms with van der Waals surface area (Å²) in [5, 5.41) is 11.2. The Hall–Kier alpha value is -1.60. The predicted octanol–water partition coefficient (Wildman–Crippen LogP) is 1.58. The van der Waals surface area contributed by atoms with Crippen molar-refractivity contribution in [1.82, 2.24) is 25.3 Å². The third-order valence-corrected chi connectivity index (χ3v) is 4.11. The van der Waals surface area contributed by atoms with E-state index in [4.69, 9.17) is 11.6 Å². The second-order valence-electron chi connectivity index (χ2n) is 5.50. The van der Waals surface area contributed by atoms with Crippen molar-refractivity contribution >= 4 is 29.9 Å². The first-order chi connectivity index (χ1) is 11.2. The van der Waals surface area contributed by atoms with Gasteiger partial charge < -0.3 is 10.6 Å². The fourth-order valence-electron chi connectivity index (χ4n) is 2.54. The molecule has 1 aromatic carbocycles. The van der Waals surface area contributed by atoms with Gasteiger partial charge in [-0.25, -0.2) is 4.68 Å². The highest BCUT2D eigenvalue weighted by Gasteiger charge is 2.12. The maximum Gasteiger partial charge on any atom is 0.254 e. The van der Waals surface area contributed by atoms with E-state index in [0.717, 1.165) is 38.4 Å². The van der Waals surface area contributed by atoms with Gasteiger partial charge in [0.2, 0.25) is 0 Å². The molecule has 0 radical (unpaired) electrons. The van der Waals surface area contributed by atoms with Crippen LogP contribution in [-0.2, 0) is 0 Å². The van der Waals surface area contributed by atoms with Gasteiger partial charge in [0.25, 0.3) is 5.91 Å². The number of aromatic nitrogens is 2. The van der Waals surface area contributed by atoms with Gasteiger partial charge in [0.05, 0.1) is 17.4 Å². The van der Waals surface area contributed by atoms with Gasteiger partial charge in [0.1, 0.15) is 0 Å². The van der Waals surface area contributed by atoms with Crippen LogP contribution in [0, 0.1) is 0 Å². The van der Waals surface area contributed by atoms with Crippen molar-refractivity contribution in [1.29, 1.82) is 0 Å². The van der Waals surface area contributed by atoms with Gasteiger partial charge in [-0.2, -0.15) is 5.10 Å². The van der Waals surface area contributed by atoms with Gasteiger partial charge in [-0.3, -0.25) is 9.69 Å². The lowest BCUT2D eigenvalue weighted by Gasteiger charge is -2.26. The van der Waals surface area contributed by atoms with Gasteiger partial charge in [-0.15, -0.1) is 12.4 Å². The Bertz CT molecular complexity index is 653. The molecule has 1 amide bonds. The Morgan fingerprint density at radius 1 is 1.25 bits per heavy atom. The molecule has 130 valence electrons. The molecule has 2 heterocycles. The van der Waals surface area contributed by atoms with E-state index in [1.54, 1.807) is 29.2 Å². The molecule has 1 aliphatic rings. The van der Waals surface area contributed by atoms with Crippen molar-refractivity contribution in [2.24, 2.45) is 0 Å². The van der Waals surface area contributed by atoms with Crippen molar-refractivity contribution < 1.29 is 4.79 Å². The lowest BCUT2D eigenvalue weighted by atomic mass is 10.3. The molecule has 0 unspecified atom stereocenters. The van der Waals surface area contributed by atoms with Crippen LogP contribution >= 0.6 is 24.0 Å². The van der Waals surface area contributed by atoms with Crippen LogP contribution in [0.15, 0.2) is 36.7 Å². The Labute approximate surface area is 152 Å². The molecule has 8 heteroatoms. The Balaban J connectivity index is 0.00000208. The largest absolute Gasteiger partial charge is 0.351 e. The highest BCUT2D eigenvalue weighted by atomic mass is 35.5. The van der Waals surface area contributed by atoms with E-state index in [1.165, 1.54) is 0 Å². The number of benzene rings is 1. The normalized spacial score (nSPS) is 14.9. The molecular weight excluding hydrogens is 349 g/mol. The molecule has 1 saturated heterocycles. The molecule has 1 aromatic heterocycles. The van der Waals surface area contributed by atoms with Crippen molar-refractivity contribution in [2.75, 3.05) is 39.3 Å². The second-order valence-corrected chi connectivity index (χ2v) is 5.93. The monoisotopic (exact) mass is 369 g/mol. The molecule has 0 bridgehead atoms. The number of carbonyl (C=O) groups excluding carboxylic acids is 1. The van der Waals surface area contributed by atoms with E-state index >= 15 is 0 Å². The topological polar surface area (TPSA) is 62.2 Å². The van der Waals surface area contributed by atoms with Crippen LogP contribution in [0.1, 0.15) is 10.4 Å². The molecule has 1 fully saturated rings. The minimum absolute atomic E-state index is 0. The van der Waals surface area contributed by atoms with E-state index in [0.29, 0.717) is 17.1 Å². The summed E-state index contributed by atoms with van der Waals surface area (Å²) in [5.74, 6) is -0.0969. The van der Waals surface area contributed by atoms with E-state index in [1.807, 2.05) is 12.1 Å². The van der Waals surface area contributed by atoms with Gasteiger partial charge >= 0.3 is 0 Å². The van der Waals surface area contributed by atoms with Gasteiger partial charge in [0, 0.05) is 50.5 Å². The van der Waals surface area contributed by atoms with E-state index in [9.17, 15) is 4.79 Å². The standard InChI is InChI=1S/C16H20ClN5O.ClH/c17-14-1-3-15(4-2-14)22-12-13(11-20-22)16(23)19-7-10-21-8-5-18-6-9-21;/h1-4,11-12,18H,5-10H2,(H,19,23);1H. The minimum Gasteiger partial charge on any atom is -0.351 e. The highest BCUT2D eigenvalue weighted by Crippen LogP contribution is 2.13. The summed E-state index contributed by atoms with van der Waals surface area (Å²) in [7, 11) is 0. The molecule has 6 nitrogen and oxygen atoms in total. The fourth-order valence-corrected chi connectivity index (χ4v) is 2.67. The highest BCUT2D eigenvalue weighted by molar-refractivity contribution is 6.30. The first-order valence-corrected chi connectivity index (χ1v) is 8.12. The molecular formula is C16H21Cl2N5O. The number of rotatable bonds is 5. The van der Waals surface area contributed by atoms with Crippen LogP contribution in [0.2, 0.25) is 5.02 Å². The van der Waals surface area contributed by atoms with E-state index < -0.39 is 0 Å². The van der Waals surface area contributed by atoms with E-state index in [2.05, 4.69) is 20.6 Å². The summed E-state index contributed by atoms with van der Waals surface area (Å²) in [6.45, 7) is 5.61. The summed E-state index contributed by atoms with van der Waals surface area (Å²) >= 11 is 5.87. The van der Waals surface area contributed by atoms with Crippen LogP contribution in [0.4, 0.5) is 0 Å². The maximum absolute atomic E-state index is 12.2. The van der Waals surface area contributed by atoms with Gasteiger partial charge in [0.15, 0.2) is 0 Å². The number of carbonyl (C=O) groups is 1. The smallest absolute Gasteiger partial charge is 0.254 e. The SMILES string of the molecule is Cl.O=C(NCCN1CCNCC1)c1cnn(-c2ccc(Cl)cc2)c1. The van der Waals surface area contributed by atoms with Gasteiger partial charge in [-0.1, -0.05) is 11.6 Å². The third kappa shape index (κ3) is 4.95. The first kappa shape index (κ1) is 18.7.